The van der Waals surface area contributed by atoms with Crippen molar-refractivity contribution in [1.82, 2.24) is 9.71 Å². The number of hydrogen-bond acceptors (Lipinski definition) is 4. The van der Waals surface area contributed by atoms with E-state index in [4.69, 9.17) is 0 Å². The van der Waals surface area contributed by atoms with Crippen molar-refractivity contribution in [3.8, 4) is 11.3 Å². The Morgan fingerprint density at radius 2 is 2.00 bits per heavy atom. The average Bonchev–Trinajstić information content (AvgIpc) is 2.85. The van der Waals surface area contributed by atoms with Gasteiger partial charge in [-0.1, -0.05) is 26.0 Å². The van der Waals surface area contributed by atoms with Crippen molar-refractivity contribution in [3.05, 3.63) is 34.2 Å². The maximum absolute atomic E-state index is 12.5. The third-order valence-corrected chi connectivity index (χ3v) is 5.78. The second-order valence-corrected chi connectivity index (χ2v) is 8.61. The van der Waals surface area contributed by atoms with E-state index in [2.05, 4.69) is 23.6 Å². The fraction of sp³-hybridized carbons (Fsp3) is 0.438. The summed E-state index contributed by atoms with van der Waals surface area (Å²) in [6, 6.07) is 5.46. The number of nitrogens with one attached hydrogen (secondary N) is 1. The molecule has 0 fully saturated rings. The van der Waals surface area contributed by atoms with Crippen LogP contribution in [0.15, 0.2) is 28.5 Å². The number of sulfonamides is 1. The summed E-state index contributed by atoms with van der Waals surface area (Å²) < 4.78 is 27.7. The highest BCUT2D eigenvalue weighted by atomic mass is 32.2. The number of aromatic nitrogens is 1. The Balaban J connectivity index is 2.30. The molecule has 1 aromatic carbocycles. The van der Waals surface area contributed by atoms with E-state index in [-0.39, 0.29) is 0 Å². The van der Waals surface area contributed by atoms with Gasteiger partial charge in [0.15, 0.2) is 0 Å². The van der Waals surface area contributed by atoms with Gasteiger partial charge >= 0.3 is 0 Å². The smallest absolute Gasteiger partial charge is 0.240 e. The standard InChI is InChI=1S/C16H22N2O2S2/c1-11(2)7-8-17-22(19,20)16-9-14(6-5-12(16)3)15-10-21-13(4)18-15/h5-6,9-11,17H,7-8H2,1-4H3. The van der Waals surface area contributed by atoms with Crippen LogP contribution in [0.2, 0.25) is 0 Å². The summed E-state index contributed by atoms with van der Waals surface area (Å²) >= 11 is 1.56. The molecule has 0 aliphatic heterocycles. The minimum absolute atomic E-state index is 0.333. The fourth-order valence-electron chi connectivity index (χ4n) is 2.10. The number of thiazole rings is 1. The Kier molecular flexibility index (Phi) is 5.36. The molecule has 6 heteroatoms. The highest BCUT2D eigenvalue weighted by molar-refractivity contribution is 7.89. The molecule has 0 aliphatic rings. The minimum atomic E-state index is -3.48. The second-order valence-electron chi connectivity index (χ2n) is 5.81. The van der Waals surface area contributed by atoms with Gasteiger partial charge in [-0.3, -0.25) is 0 Å². The quantitative estimate of drug-likeness (QED) is 0.872. The van der Waals surface area contributed by atoms with Gasteiger partial charge in [0.05, 0.1) is 15.6 Å². The lowest BCUT2D eigenvalue weighted by atomic mass is 10.1. The van der Waals surface area contributed by atoms with E-state index in [1.54, 1.807) is 17.4 Å². The molecule has 120 valence electrons. The van der Waals surface area contributed by atoms with Crippen molar-refractivity contribution in [3.63, 3.8) is 0 Å². The lowest BCUT2D eigenvalue weighted by Gasteiger charge is -2.11. The normalized spacial score (nSPS) is 12.0. The van der Waals surface area contributed by atoms with Crippen LogP contribution in [0.1, 0.15) is 30.8 Å². The summed E-state index contributed by atoms with van der Waals surface area (Å²) in [5.74, 6) is 0.466. The zero-order valence-corrected chi connectivity index (χ0v) is 15.0. The lowest BCUT2D eigenvalue weighted by molar-refractivity contribution is 0.551. The Labute approximate surface area is 136 Å². The predicted molar refractivity (Wildman–Crippen MR) is 91.7 cm³/mol. The predicted octanol–water partition coefficient (Wildman–Crippen LogP) is 3.75. The lowest BCUT2D eigenvalue weighted by Crippen LogP contribution is -2.26. The van der Waals surface area contributed by atoms with Crippen molar-refractivity contribution in [2.45, 2.75) is 39.0 Å². The Bertz CT molecular complexity index is 749. The van der Waals surface area contributed by atoms with Crippen LogP contribution in [0.4, 0.5) is 0 Å². The molecular formula is C16H22N2O2S2. The van der Waals surface area contributed by atoms with E-state index in [1.165, 1.54) is 0 Å². The first-order valence-electron chi connectivity index (χ1n) is 7.32. The topological polar surface area (TPSA) is 59.1 Å². The van der Waals surface area contributed by atoms with Crippen LogP contribution in [0.5, 0.6) is 0 Å². The number of hydrogen-bond donors (Lipinski definition) is 1. The van der Waals surface area contributed by atoms with Gasteiger partial charge in [-0.25, -0.2) is 18.1 Å². The van der Waals surface area contributed by atoms with Crippen LogP contribution < -0.4 is 4.72 Å². The monoisotopic (exact) mass is 338 g/mol. The highest BCUT2D eigenvalue weighted by Crippen LogP contribution is 2.26. The molecule has 0 aliphatic carbocycles. The Hall–Kier alpha value is -1.24. The summed E-state index contributed by atoms with van der Waals surface area (Å²) in [6.07, 6.45) is 0.823. The molecule has 0 bridgehead atoms. The van der Waals surface area contributed by atoms with E-state index in [1.807, 2.05) is 31.4 Å². The Morgan fingerprint density at radius 1 is 1.27 bits per heavy atom. The summed E-state index contributed by atoms with van der Waals surface area (Å²) in [5, 5.41) is 2.91. The van der Waals surface area contributed by atoms with Crippen LogP contribution in [0.25, 0.3) is 11.3 Å². The van der Waals surface area contributed by atoms with E-state index in [0.29, 0.717) is 17.4 Å². The summed E-state index contributed by atoms with van der Waals surface area (Å²) in [4.78, 5) is 4.76. The molecule has 1 heterocycles. The first-order valence-corrected chi connectivity index (χ1v) is 9.68. The van der Waals surface area contributed by atoms with Gasteiger partial charge in [0.1, 0.15) is 0 Å². The maximum atomic E-state index is 12.5. The molecule has 2 aromatic rings. The van der Waals surface area contributed by atoms with Gasteiger partial charge in [0.25, 0.3) is 0 Å². The largest absolute Gasteiger partial charge is 0.242 e. The van der Waals surface area contributed by atoms with Gasteiger partial charge in [0, 0.05) is 17.5 Å². The van der Waals surface area contributed by atoms with Crippen molar-refractivity contribution in [2.24, 2.45) is 5.92 Å². The number of nitrogens with zero attached hydrogens (tertiary/aromatic N) is 1. The van der Waals surface area contributed by atoms with Crippen LogP contribution in [0, 0.1) is 19.8 Å². The number of aryl methyl sites for hydroxylation is 2. The molecule has 0 unspecified atom stereocenters. The number of benzene rings is 1. The van der Waals surface area contributed by atoms with E-state index in [0.717, 1.165) is 28.2 Å². The first-order chi connectivity index (χ1) is 10.3. The van der Waals surface area contributed by atoms with Crippen molar-refractivity contribution in [2.75, 3.05) is 6.54 Å². The molecule has 2 rings (SSSR count). The SMILES string of the molecule is Cc1nc(-c2ccc(C)c(S(=O)(=O)NCCC(C)C)c2)cs1. The zero-order valence-electron chi connectivity index (χ0n) is 13.4. The second kappa shape index (κ2) is 6.89. The fourth-order valence-corrected chi connectivity index (χ4v) is 4.04. The van der Waals surface area contributed by atoms with Crippen molar-refractivity contribution < 1.29 is 8.42 Å². The van der Waals surface area contributed by atoms with Crippen molar-refractivity contribution >= 4 is 21.4 Å². The Morgan fingerprint density at radius 3 is 2.59 bits per heavy atom. The van der Waals surface area contributed by atoms with Crippen LogP contribution in [-0.2, 0) is 10.0 Å². The molecular weight excluding hydrogens is 316 g/mol. The third kappa shape index (κ3) is 4.15. The van der Waals surface area contributed by atoms with E-state index in [9.17, 15) is 8.42 Å². The van der Waals surface area contributed by atoms with Gasteiger partial charge in [0.2, 0.25) is 10.0 Å². The molecule has 4 nitrogen and oxygen atoms in total. The molecule has 0 radical (unpaired) electrons. The number of rotatable bonds is 6. The maximum Gasteiger partial charge on any atom is 0.240 e. The molecule has 0 saturated heterocycles. The third-order valence-electron chi connectivity index (χ3n) is 3.41. The van der Waals surface area contributed by atoms with E-state index >= 15 is 0 Å². The molecule has 0 amide bonds. The highest BCUT2D eigenvalue weighted by Gasteiger charge is 2.18. The summed E-state index contributed by atoms with van der Waals surface area (Å²) in [6.45, 7) is 8.36. The minimum Gasteiger partial charge on any atom is -0.242 e. The zero-order chi connectivity index (χ0) is 16.3. The molecule has 0 atom stereocenters. The first kappa shape index (κ1) is 17.1. The molecule has 0 spiro atoms. The molecule has 22 heavy (non-hydrogen) atoms. The van der Waals surface area contributed by atoms with Crippen molar-refractivity contribution in [1.29, 1.82) is 0 Å². The van der Waals surface area contributed by atoms with Crippen LogP contribution in [-0.4, -0.2) is 19.9 Å². The summed E-state index contributed by atoms with van der Waals surface area (Å²) in [7, 11) is -3.48. The van der Waals surface area contributed by atoms with Crippen LogP contribution in [0.3, 0.4) is 0 Å². The molecule has 1 N–H and O–H groups in total. The van der Waals surface area contributed by atoms with Gasteiger partial charge < -0.3 is 0 Å². The average molecular weight is 338 g/mol. The molecule has 1 aromatic heterocycles. The summed E-state index contributed by atoms with van der Waals surface area (Å²) in [5.41, 5.74) is 2.40. The van der Waals surface area contributed by atoms with Gasteiger partial charge in [-0.15, -0.1) is 11.3 Å². The van der Waals surface area contributed by atoms with Crippen LogP contribution >= 0.6 is 11.3 Å². The van der Waals surface area contributed by atoms with Gasteiger partial charge in [-0.2, -0.15) is 0 Å². The molecule has 0 saturated carbocycles. The van der Waals surface area contributed by atoms with E-state index < -0.39 is 10.0 Å². The van der Waals surface area contributed by atoms with Gasteiger partial charge in [-0.05, 0) is 37.8 Å².